The largest absolute Gasteiger partial charge is 0.337 e. The lowest BCUT2D eigenvalue weighted by molar-refractivity contribution is -0.114. The summed E-state index contributed by atoms with van der Waals surface area (Å²) in [6.45, 7) is 1.41. The number of rotatable bonds is 7. The Labute approximate surface area is 165 Å². The molecule has 0 spiro atoms. The molecule has 0 aliphatic carbocycles. The molecule has 3 aromatic heterocycles. The van der Waals surface area contributed by atoms with E-state index in [1.807, 2.05) is 58.6 Å². The van der Waals surface area contributed by atoms with Gasteiger partial charge in [0.25, 0.3) is 5.91 Å². The van der Waals surface area contributed by atoms with Crippen LogP contribution < -0.4 is 4.90 Å². The molecule has 0 atom stereocenters. The first-order valence-electron chi connectivity index (χ1n) is 8.64. The second-order valence-corrected chi connectivity index (χ2v) is 7.95. The van der Waals surface area contributed by atoms with Gasteiger partial charge in [-0.15, -0.1) is 11.3 Å². The maximum Gasteiger partial charge on any atom is 0.252 e. The average Bonchev–Trinajstić information content (AvgIpc) is 3.44. The smallest absolute Gasteiger partial charge is 0.252 e. The van der Waals surface area contributed by atoms with Crippen molar-refractivity contribution >= 4 is 50.0 Å². The first kappa shape index (κ1) is 17.6. The summed E-state index contributed by atoms with van der Waals surface area (Å²) in [6, 6.07) is 11.9. The summed E-state index contributed by atoms with van der Waals surface area (Å²) in [5.41, 5.74) is 0.923. The standard InChI is InChI=1S/C20H18N4OS2/c25-19(9-8-16-5-3-14-26-16)24(12-4-11-23-13-10-21-15-23)20-22-17-6-1-2-7-18(17)27-20/h1-3,5-10,13-15H,4,11-12H2/b9-8+. The second kappa shape index (κ2) is 8.28. The number of hydrogen-bond donors (Lipinski definition) is 0. The van der Waals surface area contributed by atoms with Crippen LogP contribution in [0.4, 0.5) is 5.13 Å². The van der Waals surface area contributed by atoms with Crippen LogP contribution in [0.25, 0.3) is 16.3 Å². The minimum absolute atomic E-state index is 0.0481. The molecule has 0 aliphatic rings. The van der Waals surface area contributed by atoms with E-state index in [9.17, 15) is 4.79 Å². The average molecular weight is 395 g/mol. The number of nitrogens with zero attached hydrogens (tertiary/aromatic N) is 4. The van der Waals surface area contributed by atoms with E-state index >= 15 is 0 Å². The normalized spacial score (nSPS) is 11.4. The highest BCUT2D eigenvalue weighted by Crippen LogP contribution is 2.29. The van der Waals surface area contributed by atoms with Gasteiger partial charge in [0.2, 0.25) is 0 Å². The maximum atomic E-state index is 12.9. The molecule has 4 aromatic rings. The molecule has 27 heavy (non-hydrogen) atoms. The number of carbonyl (C=O) groups excluding carboxylic acids is 1. The quantitative estimate of drug-likeness (QED) is 0.427. The van der Waals surface area contributed by atoms with E-state index in [0.717, 1.165) is 33.2 Å². The molecule has 0 radical (unpaired) electrons. The Morgan fingerprint density at radius 2 is 2.15 bits per heavy atom. The van der Waals surface area contributed by atoms with Crippen LogP contribution in [0.1, 0.15) is 11.3 Å². The second-order valence-electron chi connectivity index (χ2n) is 5.96. The number of imidazole rings is 1. The van der Waals surface area contributed by atoms with Crippen molar-refractivity contribution in [3.8, 4) is 0 Å². The first-order valence-corrected chi connectivity index (χ1v) is 10.3. The van der Waals surface area contributed by atoms with Crippen LogP contribution in [0, 0.1) is 0 Å². The zero-order valence-corrected chi connectivity index (χ0v) is 16.2. The number of aryl methyl sites for hydroxylation is 1. The van der Waals surface area contributed by atoms with Crippen LogP contribution in [0.15, 0.2) is 66.6 Å². The molecule has 0 unspecified atom stereocenters. The zero-order valence-electron chi connectivity index (χ0n) is 14.6. The number of thiophene rings is 1. The lowest BCUT2D eigenvalue weighted by atomic mass is 10.3. The van der Waals surface area contributed by atoms with Crippen LogP contribution in [-0.2, 0) is 11.3 Å². The number of aromatic nitrogens is 3. The van der Waals surface area contributed by atoms with E-state index in [1.165, 1.54) is 0 Å². The Kier molecular flexibility index (Phi) is 5.41. The molecule has 0 aliphatic heterocycles. The van der Waals surface area contributed by atoms with Crippen molar-refractivity contribution in [1.29, 1.82) is 0 Å². The predicted octanol–water partition coefficient (Wildman–Crippen LogP) is 4.69. The lowest BCUT2D eigenvalue weighted by Crippen LogP contribution is -2.30. The summed E-state index contributed by atoms with van der Waals surface area (Å²) in [6.07, 6.45) is 9.81. The Balaban J connectivity index is 1.54. The van der Waals surface area contributed by atoms with Gasteiger partial charge in [-0.1, -0.05) is 29.5 Å². The van der Waals surface area contributed by atoms with Crippen molar-refractivity contribution in [2.24, 2.45) is 0 Å². The molecule has 3 heterocycles. The first-order chi connectivity index (χ1) is 13.3. The highest BCUT2D eigenvalue weighted by atomic mass is 32.1. The van der Waals surface area contributed by atoms with Crippen LogP contribution in [0.3, 0.4) is 0 Å². The Morgan fingerprint density at radius 1 is 1.22 bits per heavy atom. The SMILES string of the molecule is O=C(/C=C/c1cccs1)N(CCCn1ccnc1)c1nc2ccccc2s1. The van der Waals surface area contributed by atoms with Gasteiger partial charge in [0.1, 0.15) is 0 Å². The molecule has 0 saturated heterocycles. The minimum Gasteiger partial charge on any atom is -0.337 e. The molecule has 7 heteroatoms. The van der Waals surface area contributed by atoms with Crippen molar-refractivity contribution in [2.45, 2.75) is 13.0 Å². The molecule has 1 amide bonds. The van der Waals surface area contributed by atoms with Gasteiger partial charge in [0.05, 0.1) is 16.5 Å². The van der Waals surface area contributed by atoms with Crippen molar-refractivity contribution in [3.63, 3.8) is 0 Å². The van der Waals surface area contributed by atoms with Crippen molar-refractivity contribution in [1.82, 2.24) is 14.5 Å². The molecule has 0 bridgehead atoms. The van der Waals surface area contributed by atoms with Crippen molar-refractivity contribution in [3.05, 3.63) is 71.5 Å². The van der Waals surface area contributed by atoms with Crippen molar-refractivity contribution < 1.29 is 4.79 Å². The Bertz CT molecular complexity index is 1000. The van der Waals surface area contributed by atoms with Crippen molar-refractivity contribution in [2.75, 3.05) is 11.4 Å². The maximum absolute atomic E-state index is 12.9. The van der Waals surface area contributed by atoms with Gasteiger partial charge in [-0.3, -0.25) is 9.69 Å². The van der Waals surface area contributed by atoms with Gasteiger partial charge < -0.3 is 4.57 Å². The molecule has 136 valence electrons. The number of anilines is 1. The molecular formula is C20H18N4OS2. The Hall–Kier alpha value is -2.77. The summed E-state index contributed by atoms with van der Waals surface area (Å²) >= 11 is 3.16. The highest BCUT2D eigenvalue weighted by molar-refractivity contribution is 7.22. The van der Waals surface area contributed by atoms with Gasteiger partial charge in [-0.2, -0.15) is 0 Å². The van der Waals surface area contributed by atoms with E-state index in [4.69, 9.17) is 0 Å². The molecule has 5 nitrogen and oxygen atoms in total. The van der Waals surface area contributed by atoms with E-state index in [0.29, 0.717) is 6.54 Å². The van der Waals surface area contributed by atoms with E-state index in [2.05, 4.69) is 9.97 Å². The number of para-hydroxylation sites is 1. The number of benzene rings is 1. The number of thiazole rings is 1. The van der Waals surface area contributed by atoms with Gasteiger partial charge >= 0.3 is 0 Å². The summed E-state index contributed by atoms with van der Waals surface area (Å²) in [5.74, 6) is -0.0481. The predicted molar refractivity (Wildman–Crippen MR) is 112 cm³/mol. The molecule has 1 aromatic carbocycles. The van der Waals surface area contributed by atoms with Crippen LogP contribution >= 0.6 is 22.7 Å². The Morgan fingerprint density at radius 3 is 2.93 bits per heavy atom. The number of carbonyl (C=O) groups is 1. The summed E-state index contributed by atoms with van der Waals surface area (Å²) < 4.78 is 3.10. The molecular weight excluding hydrogens is 376 g/mol. The number of amides is 1. The van der Waals surface area contributed by atoms with E-state index in [1.54, 1.807) is 46.2 Å². The molecule has 0 saturated carbocycles. The zero-order chi connectivity index (χ0) is 18.5. The summed E-state index contributed by atoms with van der Waals surface area (Å²) in [4.78, 5) is 24.5. The minimum atomic E-state index is -0.0481. The third-order valence-electron chi connectivity index (χ3n) is 4.07. The van der Waals surface area contributed by atoms with E-state index < -0.39 is 0 Å². The monoisotopic (exact) mass is 394 g/mol. The molecule has 0 fully saturated rings. The molecule has 0 N–H and O–H groups in total. The fraction of sp³-hybridized carbons (Fsp3) is 0.150. The van der Waals surface area contributed by atoms with Crippen LogP contribution in [-0.4, -0.2) is 27.0 Å². The number of hydrogen-bond acceptors (Lipinski definition) is 5. The third kappa shape index (κ3) is 4.32. The van der Waals surface area contributed by atoms with Crippen LogP contribution in [0.5, 0.6) is 0 Å². The fourth-order valence-corrected chi connectivity index (χ4v) is 4.35. The van der Waals surface area contributed by atoms with Gasteiger partial charge in [0, 0.05) is 36.4 Å². The van der Waals surface area contributed by atoms with Gasteiger partial charge in [0.15, 0.2) is 5.13 Å². The topological polar surface area (TPSA) is 51.0 Å². The fourth-order valence-electron chi connectivity index (χ4n) is 2.74. The molecule has 4 rings (SSSR count). The van der Waals surface area contributed by atoms with Gasteiger partial charge in [-0.05, 0) is 36.1 Å². The summed E-state index contributed by atoms with van der Waals surface area (Å²) in [5, 5.41) is 2.74. The highest BCUT2D eigenvalue weighted by Gasteiger charge is 2.17. The van der Waals surface area contributed by atoms with Crippen LogP contribution in [0.2, 0.25) is 0 Å². The third-order valence-corrected chi connectivity index (χ3v) is 5.97. The lowest BCUT2D eigenvalue weighted by Gasteiger charge is -2.18. The summed E-state index contributed by atoms with van der Waals surface area (Å²) in [7, 11) is 0. The van der Waals surface area contributed by atoms with Gasteiger partial charge in [-0.25, -0.2) is 9.97 Å². The number of fused-ring (bicyclic) bond motifs is 1. The van der Waals surface area contributed by atoms with E-state index in [-0.39, 0.29) is 5.91 Å².